The van der Waals surface area contributed by atoms with E-state index in [-0.39, 0.29) is 5.28 Å². The lowest BCUT2D eigenvalue weighted by Gasteiger charge is -2.05. The maximum absolute atomic E-state index is 5.73. The van der Waals surface area contributed by atoms with Gasteiger partial charge in [-0.3, -0.25) is 0 Å². The summed E-state index contributed by atoms with van der Waals surface area (Å²) in [5.74, 6) is 0.728. The number of benzene rings is 1. The predicted octanol–water partition coefficient (Wildman–Crippen LogP) is 3.05. The first-order chi connectivity index (χ1) is 6.72. The summed E-state index contributed by atoms with van der Waals surface area (Å²) in [4.78, 5) is 8.09. The zero-order chi connectivity index (χ0) is 10.1. The van der Waals surface area contributed by atoms with Gasteiger partial charge in [0, 0.05) is 0 Å². The van der Waals surface area contributed by atoms with Gasteiger partial charge >= 0.3 is 0 Å². The fourth-order valence-electron chi connectivity index (χ4n) is 1.25. The SMILES string of the molecule is COc1cccc2nc(Cl)nc(Br)c12. The average molecular weight is 274 g/mol. The first-order valence-corrected chi connectivity index (χ1v) is 5.05. The molecule has 0 unspecified atom stereocenters. The van der Waals surface area contributed by atoms with E-state index in [1.807, 2.05) is 18.2 Å². The lowest BCUT2D eigenvalue weighted by Crippen LogP contribution is -1.90. The summed E-state index contributed by atoms with van der Waals surface area (Å²) < 4.78 is 5.84. The first kappa shape index (κ1) is 9.68. The molecule has 0 fully saturated rings. The van der Waals surface area contributed by atoms with Crippen molar-refractivity contribution in [2.45, 2.75) is 0 Å². The molecule has 0 bridgehead atoms. The molecule has 14 heavy (non-hydrogen) atoms. The average Bonchev–Trinajstić information content (AvgIpc) is 2.16. The zero-order valence-electron chi connectivity index (χ0n) is 7.29. The van der Waals surface area contributed by atoms with Gasteiger partial charge in [0.2, 0.25) is 5.28 Å². The van der Waals surface area contributed by atoms with Crippen molar-refractivity contribution in [1.82, 2.24) is 9.97 Å². The van der Waals surface area contributed by atoms with E-state index in [9.17, 15) is 0 Å². The van der Waals surface area contributed by atoms with Crippen LogP contribution in [0.3, 0.4) is 0 Å². The van der Waals surface area contributed by atoms with Crippen LogP contribution in [0.15, 0.2) is 22.8 Å². The van der Waals surface area contributed by atoms with Gasteiger partial charge in [0.25, 0.3) is 0 Å². The van der Waals surface area contributed by atoms with Gasteiger partial charge in [-0.15, -0.1) is 0 Å². The molecule has 0 spiro atoms. The van der Waals surface area contributed by atoms with Crippen molar-refractivity contribution in [3.05, 3.63) is 28.1 Å². The monoisotopic (exact) mass is 272 g/mol. The molecule has 0 aliphatic heterocycles. The Kier molecular flexibility index (Phi) is 2.56. The molecule has 0 aliphatic rings. The van der Waals surface area contributed by atoms with Crippen molar-refractivity contribution < 1.29 is 4.74 Å². The Bertz CT molecular complexity index is 489. The largest absolute Gasteiger partial charge is 0.496 e. The molecule has 2 rings (SSSR count). The minimum absolute atomic E-state index is 0.220. The van der Waals surface area contributed by atoms with Crippen LogP contribution in [0.1, 0.15) is 0 Å². The number of ether oxygens (including phenoxy) is 1. The highest BCUT2D eigenvalue weighted by Gasteiger charge is 2.08. The Morgan fingerprint density at radius 3 is 2.86 bits per heavy atom. The van der Waals surface area contributed by atoms with Crippen LogP contribution in [0.25, 0.3) is 10.9 Å². The second-order valence-electron chi connectivity index (χ2n) is 2.64. The zero-order valence-corrected chi connectivity index (χ0v) is 9.63. The summed E-state index contributed by atoms with van der Waals surface area (Å²) in [6, 6.07) is 5.57. The van der Waals surface area contributed by atoms with Gasteiger partial charge in [-0.05, 0) is 39.7 Å². The number of hydrogen-bond donors (Lipinski definition) is 0. The highest BCUT2D eigenvalue weighted by Crippen LogP contribution is 2.30. The minimum Gasteiger partial charge on any atom is -0.496 e. The van der Waals surface area contributed by atoms with E-state index in [1.165, 1.54) is 0 Å². The smallest absolute Gasteiger partial charge is 0.224 e. The molecule has 3 nitrogen and oxygen atoms in total. The van der Waals surface area contributed by atoms with Crippen LogP contribution in [-0.2, 0) is 0 Å². The van der Waals surface area contributed by atoms with E-state index < -0.39 is 0 Å². The number of halogens is 2. The van der Waals surface area contributed by atoms with E-state index in [0.717, 1.165) is 16.7 Å². The molecule has 2 aromatic rings. The quantitative estimate of drug-likeness (QED) is 0.592. The molecule has 0 radical (unpaired) electrons. The van der Waals surface area contributed by atoms with Gasteiger partial charge in [-0.25, -0.2) is 9.97 Å². The molecule has 72 valence electrons. The topological polar surface area (TPSA) is 35.0 Å². The third-order valence-electron chi connectivity index (χ3n) is 1.83. The molecule has 0 amide bonds. The summed E-state index contributed by atoms with van der Waals surface area (Å²) in [6.07, 6.45) is 0. The molecule has 5 heteroatoms. The molecule has 0 N–H and O–H groups in total. The van der Waals surface area contributed by atoms with E-state index in [1.54, 1.807) is 7.11 Å². The van der Waals surface area contributed by atoms with Crippen LogP contribution in [0.2, 0.25) is 5.28 Å². The Balaban J connectivity index is 2.87. The standard InChI is InChI=1S/C9H6BrClN2O/c1-14-6-4-2-3-5-7(6)8(10)13-9(11)12-5/h2-4H,1H3. The molecule has 1 heterocycles. The van der Waals surface area contributed by atoms with Crippen LogP contribution in [0, 0.1) is 0 Å². The van der Waals surface area contributed by atoms with Crippen molar-refractivity contribution >= 4 is 38.4 Å². The summed E-state index contributed by atoms with van der Waals surface area (Å²) >= 11 is 9.05. The van der Waals surface area contributed by atoms with Crippen LogP contribution >= 0.6 is 27.5 Å². The third kappa shape index (κ3) is 1.55. The lowest BCUT2D eigenvalue weighted by molar-refractivity contribution is 0.419. The number of hydrogen-bond acceptors (Lipinski definition) is 3. The predicted molar refractivity (Wildman–Crippen MR) is 58.8 cm³/mol. The van der Waals surface area contributed by atoms with Crippen LogP contribution in [-0.4, -0.2) is 17.1 Å². The summed E-state index contributed by atoms with van der Waals surface area (Å²) in [7, 11) is 1.61. The lowest BCUT2D eigenvalue weighted by atomic mass is 10.2. The van der Waals surface area contributed by atoms with Crippen molar-refractivity contribution in [1.29, 1.82) is 0 Å². The van der Waals surface area contributed by atoms with E-state index >= 15 is 0 Å². The first-order valence-electron chi connectivity index (χ1n) is 3.88. The second kappa shape index (κ2) is 3.71. The minimum atomic E-state index is 0.220. The molecule has 0 saturated carbocycles. The summed E-state index contributed by atoms with van der Waals surface area (Å²) in [5, 5.41) is 1.05. The van der Waals surface area contributed by atoms with Crippen molar-refractivity contribution in [2.75, 3.05) is 7.11 Å². The second-order valence-corrected chi connectivity index (χ2v) is 3.73. The fourth-order valence-corrected chi connectivity index (χ4v) is 2.10. The van der Waals surface area contributed by atoms with Gasteiger partial charge in [-0.2, -0.15) is 0 Å². The molecule has 1 aromatic carbocycles. The van der Waals surface area contributed by atoms with Gasteiger partial charge in [0.05, 0.1) is 18.0 Å². The Hall–Kier alpha value is -0.870. The molecule has 0 saturated heterocycles. The van der Waals surface area contributed by atoms with Gasteiger partial charge in [0.1, 0.15) is 10.4 Å². The van der Waals surface area contributed by atoms with Crippen molar-refractivity contribution in [3.63, 3.8) is 0 Å². The van der Waals surface area contributed by atoms with Crippen LogP contribution < -0.4 is 4.74 Å². The molecule has 0 atom stereocenters. The Morgan fingerprint density at radius 1 is 1.36 bits per heavy atom. The summed E-state index contributed by atoms with van der Waals surface area (Å²) in [5.41, 5.74) is 0.760. The highest BCUT2D eigenvalue weighted by atomic mass is 79.9. The third-order valence-corrected chi connectivity index (χ3v) is 2.58. The van der Waals surface area contributed by atoms with Gasteiger partial charge in [0.15, 0.2) is 0 Å². The van der Waals surface area contributed by atoms with Crippen LogP contribution in [0.5, 0.6) is 5.75 Å². The van der Waals surface area contributed by atoms with Crippen molar-refractivity contribution in [2.24, 2.45) is 0 Å². The highest BCUT2D eigenvalue weighted by molar-refractivity contribution is 9.10. The van der Waals surface area contributed by atoms with E-state index in [0.29, 0.717) is 4.60 Å². The van der Waals surface area contributed by atoms with Gasteiger partial charge in [-0.1, -0.05) is 6.07 Å². The maximum Gasteiger partial charge on any atom is 0.224 e. The van der Waals surface area contributed by atoms with Crippen LogP contribution in [0.4, 0.5) is 0 Å². The Morgan fingerprint density at radius 2 is 2.14 bits per heavy atom. The van der Waals surface area contributed by atoms with Gasteiger partial charge < -0.3 is 4.74 Å². The van der Waals surface area contributed by atoms with E-state index in [2.05, 4.69) is 25.9 Å². The number of fused-ring (bicyclic) bond motifs is 1. The van der Waals surface area contributed by atoms with Crippen molar-refractivity contribution in [3.8, 4) is 5.75 Å². The number of rotatable bonds is 1. The Labute approximate surface area is 94.2 Å². The molecular formula is C9H6BrClN2O. The number of nitrogens with zero attached hydrogens (tertiary/aromatic N) is 2. The fraction of sp³-hybridized carbons (Fsp3) is 0.111. The number of methoxy groups -OCH3 is 1. The molecule has 1 aromatic heterocycles. The van der Waals surface area contributed by atoms with E-state index in [4.69, 9.17) is 16.3 Å². The summed E-state index contributed by atoms with van der Waals surface area (Å²) in [6.45, 7) is 0. The number of aromatic nitrogens is 2. The molecular weight excluding hydrogens is 267 g/mol. The maximum atomic E-state index is 5.73. The normalized spacial score (nSPS) is 10.5. The molecule has 0 aliphatic carbocycles.